The van der Waals surface area contributed by atoms with Gasteiger partial charge in [-0.25, -0.2) is 0 Å². The van der Waals surface area contributed by atoms with Crippen LogP contribution in [0.25, 0.3) is 0 Å². The molecule has 3 heteroatoms. The molecule has 0 radical (unpaired) electrons. The van der Waals surface area contributed by atoms with E-state index in [0.717, 1.165) is 17.0 Å². The summed E-state index contributed by atoms with van der Waals surface area (Å²) in [6.45, 7) is 11.8. The molecule has 0 spiro atoms. The van der Waals surface area contributed by atoms with E-state index in [1.54, 1.807) is 0 Å². The number of hydrogen-bond acceptors (Lipinski definition) is 3. The van der Waals surface area contributed by atoms with E-state index in [4.69, 9.17) is 4.52 Å². The zero-order valence-electron chi connectivity index (χ0n) is 9.29. The monoisotopic (exact) mass is 194 g/mol. The van der Waals surface area contributed by atoms with E-state index in [0.29, 0.717) is 6.04 Å². The highest BCUT2D eigenvalue weighted by atomic mass is 16.5. The molecule has 3 nitrogen and oxygen atoms in total. The largest absolute Gasteiger partial charge is 0.361 e. The molecule has 0 aliphatic carbocycles. The van der Waals surface area contributed by atoms with Crippen molar-refractivity contribution in [2.75, 3.05) is 0 Å². The van der Waals surface area contributed by atoms with Gasteiger partial charge in [0.2, 0.25) is 0 Å². The highest BCUT2D eigenvalue weighted by molar-refractivity contribution is 5.24. The van der Waals surface area contributed by atoms with Crippen LogP contribution >= 0.6 is 0 Å². The van der Waals surface area contributed by atoms with Crippen LogP contribution in [0.3, 0.4) is 0 Å². The lowest BCUT2D eigenvalue weighted by molar-refractivity contribution is 0.390. The summed E-state index contributed by atoms with van der Waals surface area (Å²) >= 11 is 0. The Morgan fingerprint density at radius 1 is 1.43 bits per heavy atom. The zero-order chi connectivity index (χ0) is 10.7. The van der Waals surface area contributed by atoms with Crippen LogP contribution in [0.1, 0.15) is 36.9 Å². The predicted molar refractivity (Wildman–Crippen MR) is 57.2 cm³/mol. The van der Waals surface area contributed by atoms with Crippen LogP contribution in [-0.2, 0) is 0 Å². The quantitative estimate of drug-likeness (QED) is 0.748. The summed E-state index contributed by atoms with van der Waals surface area (Å²) in [5, 5.41) is 7.33. The Kier molecular flexibility index (Phi) is 3.47. The van der Waals surface area contributed by atoms with Crippen LogP contribution < -0.4 is 5.32 Å². The van der Waals surface area contributed by atoms with E-state index in [1.165, 1.54) is 0 Å². The molecule has 0 aliphatic rings. The number of nitrogens with zero attached hydrogens (tertiary/aromatic N) is 1. The summed E-state index contributed by atoms with van der Waals surface area (Å²) in [6.07, 6.45) is 1.88. The molecule has 0 saturated heterocycles. The van der Waals surface area contributed by atoms with Crippen LogP contribution in [0, 0.1) is 13.8 Å². The van der Waals surface area contributed by atoms with Gasteiger partial charge in [-0.3, -0.25) is 0 Å². The Morgan fingerprint density at radius 2 is 2.07 bits per heavy atom. The smallest absolute Gasteiger partial charge is 0.138 e. The standard InChI is InChI=1S/C11H18N2O/c1-6-7(2)12-8(3)11-9(4)13-14-10(11)5/h6-8,12H,1H2,2-5H3. The molecule has 78 valence electrons. The van der Waals surface area contributed by atoms with Gasteiger partial charge in [-0.15, -0.1) is 6.58 Å². The van der Waals surface area contributed by atoms with Crippen molar-refractivity contribution in [1.82, 2.24) is 10.5 Å². The van der Waals surface area contributed by atoms with Crippen molar-refractivity contribution in [3.8, 4) is 0 Å². The van der Waals surface area contributed by atoms with Crippen molar-refractivity contribution in [3.63, 3.8) is 0 Å². The van der Waals surface area contributed by atoms with Gasteiger partial charge in [0.25, 0.3) is 0 Å². The van der Waals surface area contributed by atoms with Crippen LogP contribution in [0.15, 0.2) is 17.2 Å². The van der Waals surface area contributed by atoms with Crippen molar-refractivity contribution in [3.05, 3.63) is 29.7 Å². The number of nitrogens with one attached hydrogen (secondary N) is 1. The van der Waals surface area contributed by atoms with Crippen LogP contribution in [0.5, 0.6) is 0 Å². The maximum Gasteiger partial charge on any atom is 0.138 e. The Balaban J connectivity index is 2.78. The molecule has 1 aromatic rings. The number of aryl methyl sites for hydroxylation is 2. The molecule has 1 aromatic heterocycles. The van der Waals surface area contributed by atoms with Gasteiger partial charge < -0.3 is 9.84 Å². The fraction of sp³-hybridized carbons (Fsp3) is 0.545. The third-order valence-electron chi connectivity index (χ3n) is 2.39. The summed E-state index contributed by atoms with van der Waals surface area (Å²) in [4.78, 5) is 0. The first-order valence-corrected chi connectivity index (χ1v) is 4.87. The summed E-state index contributed by atoms with van der Waals surface area (Å²) in [5.41, 5.74) is 2.11. The summed E-state index contributed by atoms with van der Waals surface area (Å²) < 4.78 is 5.12. The molecule has 0 aliphatic heterocycles. The van der Waals surface area contributed by atoms with Gasteiger partial charge in [0.05, 0.1) is 5.69 Å². The average molecular weight is 194 g/mol. The molecule has 1 N–H and O–H groups in total. The van der Waals surface area contributed by atoms with E-state index in [9.17, 15) is 0 Å². The lowest BCUT2D eigenvalue weighted by Crippen LogP contribution is -2.27. The molecular weight excluding hydrogens is 176 g/mol. The first kappa shape index (κ1) is 11.0. The van der Waals surface area contributed by atoms with E-state index < -0.39 is 0 Å². The highest BCUT2D eigenvalue weighted by Crippen LogP contribution is 2.21. The first-order chi connectivity index (χ1) is 6.56. The topological polar surface area (TPSA) is 38.1 Å². The first-order valence-electron chi connectivity index (χ1n) is 4.87. The molecule has 0 fully saturated rings. The third kappa shape index (κ3) is 2.23. The number of rotatable bonds is 4. The van der Waals surface area contributed by atoms with Crippen molar-refractivity contribution in [2.24, 2.45) is 0 Å². The minimum Gasteiger partial charge on any atom is -0.361 e. The Bertz CT molecular complexity index is 298. The van der Waals surface area contributed by atoms with Gasteiger partial charge >= 0.3 is 0 Å². The molecule has 0 amide bonds. The second-order valence-electron chi connectivity index (χ2n) is 3.65. The van der Waals surface area contributed by atoms with Gasteiger partial charge in [0.1, 0.15) is 5.76 Å². The van der Waals surface area contributed by atoms with E-state index in [2.05, 4.69) is 30.9 Å². The van der Waals surface area contributed by atoms with Crippen molar-refractivity contribution in [1.29, 1.82) is 0 Å². The molecule has 0 bridgehead atoms. The fourth-order valence-electron chi connectivity index (χ4n) is 1.65. The number of aromatic nitrogens is 1. The molecule has 1 rings (SSSR count). The van der Waals surface area contributed by atoms with Crippen molar-refractivity contribution in [2.45, 2.75) is 39.8 Å². The van der Waals surface area contributed by atoms with Crippen LogP contribution in [-0.4, -0.2) is 11.2 Å². The molecule has 14 heavy (non-hydrogen) atoms. The van der Waals surface area contributed by atoms with Gasteiger partial charge in [-0.05, 0) is 27.7 Å². The minimum absolute atomic E-state index is 0.245. The molecule has 2 atom stereocenters. The van der Waals surface area contributed by atoms with Gasteiger partial charge in [0.15, 0.2) is 0 Å². The van der Waals surface area contributed by atoms with E-state index >= 15 is 0 Å². The summed E-state index contributed by atoms with van der Waals surface area (Å²) in [7, 11) is 0. The molecule has 0 saturated carbocycles. The Morgan fingerprint density at radius 3 is 2.50 bits per heavy atom. The third-order valence-corrected chi connectivity index (χ3v) is 2.39. The van der Waals surface area contributed by atoms with E-state index in [-0.39, 0.29) is 6.04 Å². The lowest BCUT2D eigenvalue weighted by Gasteiger charge is -2.16. The van der Waals surface area contributed by atoms with Crippen molar-refractivity contribution >= 4 is 0 Å². The maximum absolute atomic E-state index is 5.12. The maximum atomic E-state index is 5.12. The van der Waals surface area contributed by atoms with Crippen LogP contribution in [0.4, 0.5) is 0 Å². The zero-order valence-corrected chi connectivity index (χ0v) is 9.29. The molecular formula is C11H18N2O. The molecule has 2 unspecified atom stereocenters. The summed E-state index contributed by atoms with van der Waals surface area (Å²) in [5.74, 6) is 0.888. The Labute approximate surface area is 85.2 Å². The minimum atomic E-state index is 0.245. The fourth-order valence-corrected chi connectivity index (χ4v) is 1.65. The second kappa shape index (κ2) is 4.42. The SMILES string of the molecule is C=CC(C)NC(C)c1c(C)noc1C. The predicted octanol–water partition coefficient (Wildman–Crippen LogP) is 2.52. The van der Waals surface area contributed by atoms with Gasteiger partial charge in [-0.2, -0.15) is 0 Å². The second-order valence-corrected chi connectivity index (χ2v) is 3.65. The number of hydrogen-bond donors (Lipinski definition) is 1. The average Bonchev–Trinajstić information content (AvgIpc) is 2.46. The molecule has 1 heterocycles. The van der Waals surface area contributed by atoms with Gasteiger partial charge in [-0.1, -0.05) is 11.2 Å². The van der Waals surface area contributed by atoms with Crippen molar-refractivity contribution < 1.29 is 4.52 Å². The molecule has 0 aromatic carbocycles. The van der Waals surface area contributed by atoms with Crippen LogP contribution in [0.2, 0.25) is 0 Å². The lowest BCUT2D eigenvalue weighted by atomic mass is 10.1. The van der Waals surface area contributed by atoms with E-state index in [1.807, 2.05) is 19.9 Å². The summed E-state index contributed by atoms with van der Waals surface area (Å²) in [6, 6.07) is 0.535. The highest BCUT2D eigenvalue weighted by Gasteiger charge is 2.16. The normalized spacial score (nSPS) is 15.1. The Hall–Kier alpha value is -1.09. The van der Waals surface area contributed by atoms with Gasteiger partial charge in [0, 0.05) is 17.6 Å².